The van der Waals surface area contributed by atoms with E-state index in [4.69, 9.17) is 5.11 Å². The van der Waals surface area contributed by atoms with Gasteiger partial charge in [0.1, 0.15) is 5.82 Å². The van der Waals surface area contributed by atoms with Gasteiger partial charge in [0.05, 0.1) is 16.1 Å². The van der Waals surface area contributed by atoms with Crippen molar-refractivity contribution in [3.8, 4) is 0 Å². The van der Waals surface area contributed by atoms with Crippen molar-refractivity contribution in [2.75, 3.05) is 4.72 Å². The highest BCUT2D eigenvalue weighted by Gasteiger charge is 2.19. The van der Waals surface area contributed by atoms with Crippen molar-refractivity contribution in [3.63, 3.8) is 0 Å². The fraction of sp³-hybridized carbons (Fsp3) is 0. The number of carbonyl (C=O) groups is 1. The summed E-state index contributed by atoms with van der Waals surface area (Å²) in [7, 11) is -4.07. The van der Waals surface area contributed by atoms with Gasteiger partial charge in [-0.05, 0) is 52.9 Å². The molecule has 0 atom stereocenters. The Balaban J connectivity index is 2.43. The van der Waals surface area contributed by atoms with Crippen molar-refractivity contribution in [2.45, 2.75) is 4.90 Å². The second-order valence-electron chi connectivity index (χ2n) is 4.03. The van der Waals surface area contributed by atoms with E-state index < -0.39 is 21.8 Å². The van der Waals surface area contributed by atoms with Gasteiger partial charge in [-0.25, -0.2) is 17.6 Å². The van der Waals surface area contributed by atoms with E-state index in [1.165, 1.54) is 30.3 Å². The number of hydrogen-bond acceptors (Lipinski definition) is 3. The first-order valence-electron chi connectivity index (χ1n) is 5.61. The Kier molecular flexibility index (Phi) is 4.47. The number of anilines is 1. The van der Waals surface area contributed by atoms with Crippen LogP contribution < -0.4 is 4.72 Å². The molecule has 0 saturated carbocycles. The topological polar surface area (TPSA) is 83.5 Å². The van der Waals surface area contributed by atoms with Crippen LogP contribution in [-0.2, 0) is 10.0 Å². The minimum atomic E-state index is -4.07. The summed E-state index contributed by atoms with van der Waals surface area (Å²) in [5, 5.41) is 9.01. The first-order chi connectivity index (χ1) is 9.81. The summed E-state index contributed by atoms with van der Waals surface area (Å²) in [5.41, 5.74) is -0.333. The molecule has 0 amide bonds. The number of aromatic carboxylic acids is 1. The van der Waals surface area contributed by atoms with Crippen LogP contribution >= 0.6 is 22.6 Å². The summed E-state index contributed by atoms with van der Waals surface area (Å²) < 4.78 is 40.3. The largest absolute Gasteiger partial charge is 0.478 e. The maximum atomic E-state index is 13.5. The number of sulfonamides is 1. The SMILES string of the molecule is O=C(O)c1cc(S(=O)(=O)Nc2ccccc2F)ccc1I. The number of halogens is 2. The molecule has 0 unspecified atom stereocenters. The van der Waals surface area contributed by atoms with Gasteiger partial charge in [-0.15, -0.1) is 0 Å². The van der Waals surface area contributed by atoms with E-state index in [-0.39, 0.29) is 16.1 Å². The predicted octanol–water partition coefficient (Wildman–Crippen LogP) is 2.93. The zero-order chi connectivity index (χ0) is 15.6. The monoisotopic (exact) mass is 421 g/mol. The molecule has 2 aromatic rings. The molecule has 8 heteroatoms. The molecule has 0 radical (unpaired) electrons. The van der Waals surface area contributed by atoms with Gasteiger partial charge in [0.2, 0.25) is 0 Å². The van der Waals surface area contributed by atoms with Gasteiger partial charge >= 0.3 is 5.97 Å². The van der Waals surface area contributed by atoms with Gasteiger partial charge in [-0.1, -0.05) is 12.1 Å². The molecule has 2 N–H and O–H groups in total. The molecule has 2 aromatic carbocycles. The molecule has 0 fully saturated rings. The lowest BCUT2D eigenvalue weighted by Crippen LogP contribution is -2.15. The van der Waals surface area contributed by atoms with Gasteiger partial charge in [-0.3, -0.25) is 4.72 Å². The third-order valence-electron chi connectivity index (χ3n) is 2.60. The lowest BCUT2D eigenvalue weighted by atomic mass is 10.2. The zero-order valence-corrected chi connectivity index (χ0v) is 13.4. The lowest BCUT2D eigenvalue weighted by Gasteiger charge is -2.10. The minimum Gasteiger partial charge on any atom is -0.478 e. The van der Waals surface area contributed by atoms with Crippen LogP contribution in [0.5, 0.6) is 0 Å². The van der Waals surface area contributed by atoms with E-state index in [0.717, 1.165) is 12.1 Å². The smallest absolute Gasteiger partial charge is 0.336 e. The number of nitrogens with one attached hydrogen (secondary N) is 1. The maximum Gasteiger partial charge on any atom is 0.336 e. The Morgan fingerprint density at radius 1 is 1.19 bits per heavy atom. The van der Waals surface area contributed by atoms with Gasteiger partial charge < -0.3 is 5.11 Å². The quantitative estimate of drug-likeness (QED) is 0.744. The summed E-state index contributed by atoms with van der Waals surface area (Å²) in [6.07, 6.45) is 0. The Labute approximate surface area is 134 Å². The normalized spacial score (nSPS) is 11.1. The first-order valence-corrected chi connectivity index (χ1v) is 8.17. The van der Waals surface area contributed by atoms with Crippen LogP contribution in [0.4, 0.5) is 10.1 Å². The average molecular weight is 421 g/mol. The second kappa shape index (κ2) is 5.98. The van der Waals surface area contributed by atoms with Crippen LogP contribution in [-0.4, -0.2) is 19.5 Å². The van der Waals surface area contributed by atoms with Crippen molar-refractivity contribution in [2.24, 2.45) is 0 Å². The van der Waals surface area contributed by atoms with Gasteiger partial charge in [0, 0.05) is 3.57 Å². The molecule has 110 valence electrons. The highest BCUT2D eigenvalue weighted by molar-refractivity contribution is 14.1. The number of rotatable bonds is 4. The standard InChI is InChI=1S/C13H9FINO4S/c14-10-3-1-2-4-12(10)16-21(19,20)8-5-6-11(15)9(7-8)13(17)18/h1-7,16H,(H,17,18). The molecule has 0 saturated heterocycles. The molecule has 0 aromatic heterocycles. The van der Waals surface area contributed by atoms with Crippen molar-refractivity contribution < 1.29 is 22.7 Å². The van der Waals surface area contributed by atoms with Crippen LogP contribution in [0, 0.1) is 9.39 Å². The highest BCUT2D eigenvalue weighted by atomic mass is 127. The van der Waals surface area contributed by atoms with Crippen LogP contribution in [0.3, 0.4) is 0 Å². The van der Waals surface area contributed by atoms with Gasteiger partial charge in [0.15, 0.2) is 0 Å². The first kappa shape index (κ1) is 15.7. The molecular weight excluding hydrogens is 412 g/mol. The van der Waals surface area contributed by atoms with Crippen molar-refractivity contribution >= 4 is 44.3 Å². The van der Waals surface area contributed by atoms with E-state index in [1.807, 2.05) is 0 Å². The minimum absolute atomic E-state index is 0.132. The van der Waals surface area contributed by atoms with E-state index in [0.29, 0.717) is 3.57 Å². The fourth-order valence-corrected chi connectivity index (χ4v) is 3.24. The van der Waals surface area contributed by atoms with Crippen molar-refractivity contribution in [1.82, 2.24) is 0 Å². The summed E-state index contributed by atoms with van der Waals surface area (Å²) in [6, 6.07) is 8.98. The molecule has 0 aliphatic heterocycles. The third kappa shape index (κ3) is 3.50. The Morgan fingerprint density at radius 2 is 1.86 bits per heavy atom. The zero-order valence-electron chi connectivity index (χ0n) is 10.4. The van der Waals surface area contributed by atoms with Crippen LogP contribution in [0.2, 0.25) is 0 Å². The fourth-order valence-electron chi connectivity index (χ4n) is 1.58. The number of para-hydroxylation sites is 1. The molecule has 0 aliphatic rings. The number of carboxylic acid groups (broad SMARTS) is 1. The predicted molar refractivity (Wildman–Crippen MR) is 83.3 cm³/mol. The van der Waals surface area contributed by atoms with E-state index >= 15 is 0 Å². The van der Waals surface area contributed by atoms with Gasteiger partial charge in [0.25, 0.3) is 10.0 Å². The number of carboxylic acids is 1. The van der Waals surface area contributed by atoms with E-state index in [2.05, 4.69) is 4.72 Å². The summed E-state index contributed by atoms with van der Waals surface area (Å²) in [5.74, 6) is -1.95. The van der Waals surface area contributed by atoms with E-state index in [1.54, 1.807) is 22.6 Å². The molecule has 21 heavy (non-hydrogen) atoms. The van der Waals surface area contributed by atoms with Gasteiger partial charge in [-0.2, -0.15) is 0 Å². The maximum absolute atomic E-state index is 13.5. The van der Waals surface area contributed by atoms with Crippen molar-refractivity contribution in [1.29, 1.82) is 0 Å². The Hall–Kier alpha value is -1.68. The lowest BCUT2D eigenvalue weighted by molar-refractivity contribution is 0.0695. The molecule has 5 nitrogen and oxygen atoms in total. The van der Waals surface area contributed by atoms with Crippen LogP contribution in [0.25, 0.3) is 0 Å². The number of hydrogen-bond donors (Lipinski definition) is 2. The highest BCUT2D eigenvalue weighted by Crippen LogP contribution is 2.22. The second-order valence-corrected chi connectivity index (χ2v) is 6.88. The summed E-state index contributed by atoms with van der Waals surface area (Å²) >= 11 is 1.79. The van der Waals surface area contributed by atoms with Crippen LogP contribution in [0.1, 0.15) is 10.4 Å². The van der Waals surface area contributed by atoms with Crippen molar-refractivity contribution in [3.05, 3.63) is 57.4 Å². The summed E-state index contributed by atoms with van der Waals surface area (Å²) in [6.45, 7) is 0. The van der Waals surface area contributed by atoms with E-state index in [9.17, 15) is 17.6 Å². The molecular formula is C13H9FINO4S. The molecule has 0 bridgehead atoms. The Morgan fingerprint density at radius 3 is 2.48 bits per heavy atom. The molecule has 0 aliphatic carbocycles. The molecule has 0 heterocycles. The average Bonchev–Trinajstić information content (AvgIpc) is 2.41. The Bertz CT molecular complexity index is 808. The summed E-state index contributed by atoms with van der Waals surface area (Å²) in [4.78, 5) is 10.8. The molecule has 2 rings (SSSR count). The number of benzene rings is 2. The van der Waals surface area contributed by atoms with Crippen LogP contribution in [0.15, 0.2) is 47.4 Å². The third-order valence-corrected chi connectivity index (χ3v) is 4.90. The molecule has 0 spiro atoms.